The number of rotatable bonds is 10. The van der Waals surface area contributed by atoms with Gasteiger partial charge in [-0.3, -0.25) is 4.98 Å². The van der Waals surface area contributed by atoms with E-state index in [1.807, 2.05) is 43.5 Å². The van der Waals surface area contributed by atoms with Crippen LogP contribution in [0.3, 0.4) is 0 Å². The van der Waals surface area contributed by atoms with Crippen molar-refractivity contribution in [1.82, 2.24) is 19.7 Å². The second-order valence-electron chi connectivity index (χ2n) is 7.67. The molecule has 0 fully saturated rings. The first-order valence-electron chi connectivity index (χ1n) is 10.2. The molecule has 0 aliphatic heterocycles. The minimum atomic E-state index is 0.394. The molecule has 0 saturated carbocycles. The molecule has 0 spiro atoms. The van der Waals surface area contributed by atoms with E-state index in [1.54, 1.807) is 18.9 Å². The molecule has 0 radical (unpaired) electrons. The van der Waals surface area contributed by atoms with Gasteiger partial charge in [0.15, 0.2) is 11.0 Å². The highest BCUT2D eigenvalue weighted by molar-refractivity contribution is 7.98. The van der Waals surface area contributed by atoms with Crippen LogP contribution in [0.5, 0.6) is 11.5 Å². The van der Waals surface area contributed by atoms with Crippen molar-refractivity contribution < 1.29 is 9.47 Å². The minimum absolute atomic E-state index is 0.394. The first-order valence-corrected chi connectivity index (χ1v) is 11.2. The summed E-state index contributed by atoms with van der Waals surface area (Å²) in [6.07, 6.45) is 2.92. The van der Waals surface area contributed by atoms with E-state index in [0.29, 0.717) is 18.3 Å². The number of thioether (sulfide) groups is 1. The molecule has 3 rings (SSSR count). The Labute approximate surface area is 183 Å². The van der Waals surface area contributed by atoms with Crippen molar-refractivity contribution in [3.8, 4) is 11.5 Å². The zero-order chi connectivity index (χ0) is 21.5. The first kappa shape index (κ1) is 22.2. The summed E-state index contributed by atoms with van der Waals surface area (Å²) < 4.78 is 13.6. The Balaban J connectivity index is 1.76. The normalized spacial score (nSPS) is 11.1. The number of nitrogens with zero attached hydrogens (tertiary/aromatic N) is 4. The summed E-state index contributed by atoms with van der Waals surface area (Å²) >= 11 is 1.65. The topological polar surface area (TPSA) is 62.1 Å². The lowest BCUT2D eigenvalue weighted by Crippen LogP contribution is -2.10. The molecule has 0 aliphatic rings. The average Bonchev–Trinajstić information content (AvgIpc) is 3.13. The third-order valence-corrected chi connectivity index (χ3v) is 5.90. The quantitative estimate of drug-likeness (QED) is 0.414. The third-order valence-electron chi connectivity index (χ3n) is 4.92. The lowest BCUT2D eigenvalue weighted by atomic mass is 10.1. The van der Waals surface area contributed by atoms with Crippen LogP contribution in [0, 0.1) is 19.8 Å². The molecule has 0 N–H and O–H groups in total. The van der Waals surface area contributed by atoms with E-state index >= 15 is 0 Å². The van der Waals surface area contributed by atoms with Crippen LogP contribution in [-0.2, 0) is 18.9 Å². The van der Waals surface area contributed by atoms with E-state index in [1.165, 1.54) is 0 Å². The molecule has 30 heavy (non-hydrogen) atoms. The number of aryl methyl sites for hydroxylation is 1. The monoisotopic (exact) mass is 426 g/mol. The Morgan fingerprint density at radius 2 is 1.87 bits per heavy atom. The first-order chi connectivity index (χ1) is 14.5. The molecule has 0 unspecified atom stereocenters. The van der Waals surface area contributed by atoms with Gasteiger partial charge in [0.1, 0.15) is 18.1 Å². The lowest BCUT2D eigenvalue weighted by Gasteiger charge is -2.14. The van der Waals surface area contributed by atoms with Crippen LogP contribution in [0.25, 0.3) is 0 Å². The van der Waals surface area contributed by atoms with Crippen molar-refractivity contribution in [2.75, 3.05) is 7.11 Å². The summed E-state index contributed by atoms with van der Waals surface area (Å²) in [5.41, 5.74) is 3.12. The van der Waals surface area contributed by atoms with Crippen molar-refractivity contribution in [1.29, 1.82) is 0 Å². The van der Waals surface area contributed by atoms with Gasteiger partial charge in [0.2, 0.25) is 0 Å². The maximum absolute atomic E-state index is 5.92. The van der Waals surface area contributed by atoms with Crippen LogP contribution in [-0.4, -0.2) is 26.9 Å². The van der Waals surface area contributed by atoms with E-state index in [2.05, 4.69) is 40.5 Å². The van der Waals surface area contributed by atoms with Gasteiger partial charge in [0.25, 0.3) is 0 Å². The minimum Gasteiger partial charge on any atom is -0.496 e. The number of benzene rings is 1. The fourth-order valence-corrected chi connectivity index (χ4v) is 4.17. The number of para-hydroxylation sites is 1. The van der Waals surface area contributed by atoms with E-state index in [0.717, 1.165) is 52.3 Å². The summed E-state index contributed by atoms with van der Waals surface area (Å²) in [5.74, 6) is 3.88. The number of methoxy groups -OCH3 is 1. The summed E-state index contributed by atoms with van der Waals surface area (Å²) in [6, 6.07) is 9.80. The summed E-state index contributed by atoms with van der Waals surface area (Å²) in [7, 11) is 1.70. The van der Waals surface area contributed by atoms with Crippen LogP contribution < -0.4 is 9.47 Å². The van der Waals surface area contributed by atoms with Crippen LogP contribution in [0.4, 0.5) is 0 Å². The summed E-state index contributed by atoms with van der Waals surface area (Å²) in [6.45, 7) is 9.77. The van der Waals surface area contributed by atoms with Crippen molar-refractivity contribution in [3.63, 3.8) is 0 Å². The molecule has 3 aromatic rings. The highest BCUT2D eigenvalue weighted by atomic mass is 32.2. The maximum Gasteiger partial charge on any atom is 0.191 e. The Morgan fingerprint density at radius 3 is 2.57 bits per heavy atom. The smallest absolute Gasteiger partial charge is 0.191 e. The number of aromatic nitrogens is 4. The van der Waals surface area contributed by atoms with Gasteiger partial charge in [-0.2, -0.15) is 0 Å². The van der Waals surface area contributed by atoms with Crippen molar-refractivity contribution >= 4 is 11.8 Å². The van der Waals surface area contributed by atoms with E-state index in [-0.39, 0.29) is 0 Å². The van der Waals surface area contributed by atoms with Gasteiger partial charge >= 0.3 is 0 Å². The van der Waals surface area contributed by atoms with Gasteiger partial charge in [-0.25, -0.2) is 0 Å². The molecule has 1 aromatic carbocycles. The van der Waals surface area contributed by atoms with E-state index < -0.39 is 0 Å². The van der Waals surface area contributed by atoms with Gasteiger partial charge in [0, 0.05) is 29.6 Å². The van der Waals surface area contributed by atoms with Gasteiger partial charge in [-0.05, 0) is 38.3 Å². The van der Waals surface area contributed by atoms with Crippen LogP contribution in [0.2, 0.25) is 0 Å². The molecule has 6 nitrogen and oxygen atoms in total. The number of hydrogen-bond acceptors (Lipinski definition) is 6. The summed E-state index contributed by atoms with van der Waals surface area (Å²) in [4.78, 5) is 4.61. The average molecular weight is 427 g/mol. The Hall–Kier alpha value is -2.54. The standard InChI is InChI=1S/C23H30N4O2S/c1-16(2)11-12-27-21(14-29-19-9-7-6-8-10-19)25-26-23(27)30-15-20-18(4)22(28-5)17(3)13-24-20/h6-10,13,16H,11-12,14-15H2,1-5H3. The van der Waals surface area contributed by atoms with Crippen LogP contribution in [0.15, 0.2) is 41.7 Å². The largest absolute Gasteiger partial charge is 0.496 e. The molecule has 2 heterocycles. The van der Waals surface area contributed by atoms with E-state index in [4.69, 9.17) is 9.47 Å². The number of ether oxygens (including phenoxy) is 2. The third kappa shape index (κ3) is 5.53. The highest BCUT2D eigenvalue weighted by Gasteiger charge is 2.16. The van der Waals surface area contributed by atoms with Crippen LogP contribution in [0.1, 0.15) is 42.9 Å². The zero-order valence-corrected chi connectivity index (χ0v) is 19.2. The predicted molar refractivity (Wildman–Crippen MR) is 120 cm³/mol. The molecule has 7 heteroatoms. The second-order valence-corrected chi connectivity index (χ2v) is 8.61. The lowest BCUT2D eigenvalue weighted by molar-refractivity contribution is 0.285. The van der Waals surface area contributed by atoms with Crippen molar-refractivity contribution in [3.05, 3.63) is 59.2 Å². The summed E-state index contributed by atoms with van der Waals surface area (Å²) in [5, 5.41) is 9.75. The Kier molecular flexibility index (Phi) is 7.74. The van der Waals surface area contributed by atoms with Crippen molar-refractivity contribution in [2.24, 2.45) is 5.92 Å². The maximum atomic E-state index is 5.92. The molecule has 2 aromatic heterocycles. The molecule has 0 amide bonds. The number of hydrogen-bond donors (Lipinski definition) is 0. The fourth-order valence-electron chi connectivity index (χ4n) is 3.16. The van der Waals surface area contributed by atoms with Gasteiger partial charge in [-0.1, -0.05) is 43.8 Å². The van der Waals surface area contributed by atoms with Gasteiger partial charge in [0.05, 0.1) is 12.8 Å². The fraction of sp³-hybridized carbons (Fsp3) is 0.435. The molecule has 0 aliphatic carbocycles. The molecule has 0 saturated heterocycles. The van der Waals surface area contributed by atoms with Gasteiger partial charge < -0.3 is 14.0 Å². The van der Waals surface area contributed by atoms with Crippen LogP contribution >= 0.6 is 11.8 Å². The SMILES string of the molecule is COc1c(C)cnc(CSc2nnc(COc3ccccc3)n2CCC(C)C)c1C. The molecule has 0 bridgehead atoms. The zero-order valence-electron chi connectivity index (χ0n) is 18.4. The highest BCUT2D eigenvalue weighted by Crippen LogP contribution is 2.29. The second kappa shape index (κ2) is 10.5. The molecule has 160 valence electrons. The number of pyridine rings is 1. The molecular formula is C23H30N4O2S. The Bertz CT molecular complexity index is 957. The molecule has 0 atom stereocenters. The van der Waals surface area contributed by atoms with Gasteiger partial charge in [-0.15, -0.1) is 10.2 Å². The van der Waals surface area contributed by atoms with E-state index in [9.17, 15) is 0 Å². The molecular weight excluding hydrogens is 396 g/mol. The predicted octanol–water partition coefficient (Wildman–Crippen LogP) is 5.22. The van der Waals surface area contributed by atoms with Crippen molar-refractivity contribution in [2.45, 2.75) is 58.2 Å². The Morgan fingerprint density at radius 1 is 1.10 bits per heavy atom.